The minimum absolute atomic E-state index is 0.275. The van der Waals surface area contributed by atoms with Crippen molar-refractivity contribution in [2.45, 2.75) is 0 Å². The Morgan fingerprint density at radius 3 is 2.62 bits per heavy atom. The number of benzene rings is 2. The Hall–Kier alpha value is -4.44. The molecular formula is C24H24N8O2. The third-order valence-electron chi connectivity index (χ3n) is 5.39. The van der Waals surface area contributed by atoms with E-state index in [1.165, 1.54) is 6.08 Å². The van der Waals surface area contributed by atoms with Gasteiger partial charge in [0.05, 0.1) is 24.8 Å². The van der Waals surface area contributed by atoms with Crippen molar-refractivity contribution in [3.05, 3.63) is 67.4 Å². The molecule has 0 bridgehead atoms. The van der Waals surface area contributed by atoms with E-state index in [-0.39, 0.29) is 5.91 Å². The highest BCUT2D eigenvalue weighted by Crippen LogP contribution is 2.27. The molecule has 0 aliphatic carbocycles. The average molecular weight is 457 g/mol. The maximum absolute atomic E-state index is 11.6. The van der Waals surface area contributed by atoms with Gasteiger partial charge in [-0.2, -0.15) is 15.1 Å². The predicted molar refractivity (Wildman–Crippen MR) is 133 cm³/mol. The second kappa shape index (κ2) is 9.59. The molecule has 0 unspecified atom stereocenters. The highest BCUT2D eigenvalue weighted by atomic mass is 16.5. The van der Waals surface area contributed by atoms with Crippen molar-refractivity contribution in [2.75, 3.05) is 47.2 Å². The average Bonchev–Trinajstić information content (AvgIpc) is 3.34. The number of carbonyl (C=O) groups excluding carboxylic acids is 1. The van der Waals surface area contributed by atoms with E-state index in [9.17, 15) is 4.79 Å². The second-order valence-electron chi connectivity index (χ2n) is 7.70. The van der Waals surface area contributed by atoms with E-state index >= 15 is 0 Å². The predicted octanol–water partition coefficient (Wildman–Crippen LogP) is 3.80. The van der Waals surface area contributed by atoms with E-state index in [1.54, 1.807) is 12.3 Å². The Morgan fingerprint density at radius 2 is 1.82 bits per heavy atom. The van der Waals surface area contributed by atoms with Gasteiger partial charge in [0.2, 0.25) is 11.9 Å². The van der Waals surface area contributed by atoms with E-state index in [0.29, 0.717) is 23.1 Å². The number of carbonyl (C=O) groups is 1. The van der Waals surface area contributed by atoms with Gasteiger partial charge >= 0.3 is 0 Å². The van der Waals surface area contributed by atoms with Crippen molar-refractivity contribution in [1.29, 1.82) is 0 Å². The molecule has 4 aromatic rings. The largest absolute Gasteiger partial charge is 0.378 e. The van der Waals surface area contributed by atoms with Crippen molar-refractivity contribution in [2.24, 2.45) is 0 Å². The van der Waals surface area contributed by atoms with Crippen LogP contribution in [0.25, 0.3) is 11.0 Å². The normalized spacial score (nSPS) is 13.5. The second-order valence-corrected chi connectivity index (χ2v) is 7.70. The highest BCUT2D eigenvalue weighted by molar-refractivity contribution is 5.99. The Morgan fingerprint density at radius 1 is 1.03 bits per heavy atom. The van der Waals surface area contributed by atoms with Crippen LogP contribution in [-0.4, -0.2) is 52.4 Å². The van der Waals surface area contributed by atoms with Crippen LogP contribution in [0, 0.1) is 0 Å². The topological polar surface area (TPSA) is 120 Å². The molecule has 1 aliphatic rings. The van der Waals surface area contributed by atoms with Gasteiger partial charge in [-0.05, 0) is 48.5 Å². The lowest BCUT2D eigenvalue weighted by atomic mass is 10.2. The summed E-state index contributed by atoms with van der Waals surface area (Å²) in [5.41, 5.74) is 4.02. The number of rotatable bonds is 7. The first-order chi connectivity index (χ1) is 16.7. The van der Waals surface area contributed by atoms with Crippen molar-refractivity contribution in [3.8, 4) is 0 Å². The Bertz CT molecular complexity index is 1310. The number of H-pyrrole nitrogens is 1. The molecule has 172 valence electrons. The first-order valence-electron chi connectivity index (χ1n) is 10.9. The van der Waals surface area contributed by atoms with Crippen molar-refractivity contribution < 1.29 is 9.53 Å². The number of nitrogens with one attached hydrogen (secondary N) is 4. The van der Waals surface area contributed by atoms with Gasteiger partial charge in [0.25, 0.3) is 0 Å². The zero-order valence-corrected chi connectivity index (χ0v) is 18.4. The number of nitrogens with zero attached hydrogens (tertiary/aromatic N) is 4. The molecule has 0 radical (unpaired) electrons. The summed E-state index contributed by atoms with van der Waals surface area (Å²) < 4.78 is 5.43. The summed E-state index contributed by atoms with van der Waals surface area (Å²) in [7, 11) is 0. The molecule has 0 spiro atoms. The zero-order chi connectivity index (χ0) is 23.3. The van der Waals surface area contributed by atoms with Crippen LogP contribution in [0.3, 0.4) is 0 Å². The third-order valence-corrected chi connectivity index (χ3v) is 5.39. The number of anilines is 6. The van der Waals surface area contributed by atoms with Crippen LogP contribution >= 0.6 is 0 Å². The van der Waals surface area contributed by atoms with Crippen LogP contribution in [0.2, 0.25) is 0 Å². The van der Waals surface area contributed by atoms with E-state index in [0.717, 1.165) is 48.8 Å². The SMILES string of the molecule is C=CC(=O)Nc1cccc(Nc2nc(Nc3ccc(N4CCOCC4)cc3)nc3[nH]ncc23)c1. The maximum Gasteiger partial charge on any atom is 0.247 e. The molecule has 10 heteroatoms. The van der Waals surface area contributed by atoms with Crippen LogP contribution in [0.5, 0.6) is 0 Å². The standard InChI is InChI=1S/C24H24N8O2/c1-2-21(33)26-17-4-3-5-18(14-17)27-22-20-15-25-31-23(20)30-24(29-22)28-16-6-8-19(9-7-16)32-10-12-34-13-11-32/h2-9,14-15H,1,10-13H2,(H,26,33)(H3,25,27,28,29,30,31). The van der Waals surface area contributed by atoms with Crippen LogP contribution in [-0.2, 0) is 9.53 Å². The smallest absolute Gasteiger partial charge is 0.247 e. The molecule has 10 nitrogen and oxygen atoms in total. The van der Waals surface area contributed by atoms with Gasteiger partial charge in [-0.1, -0.05) is 12.6 Å². The molecule has 2 aromatic carbocycles. The summed E-state index contributed by atoms with van der Waals surface area (Å²) in [6.45, 7) is 6.75. The molecule has 4 N–H and O–H groups in total. The molecule has 1 saturated heterocycles. The summed E-state index contributed by atoms with van der Waals surface area (Å²) in [6, 6.07) is 15.5. The molecule has 2 aromatic heterocycles. The first kappa shape index (κ1) is 21.4. The fraction of sp³-hybridized carbons (Fsp3) is 0.167. The van der Waals surface area contributed by atoms with Crippen LogP contribution in [0.15, 0.2) is 67.4 Å². The Balaban J connectivity index is 1.36. The molecule has 34 heavy (non-hydrogen) atoms. The molecule has 5 rings (SSSR count). The molecule has 0 saturated carbocycles. The molecule has 0 atom stereocenters. The molecular weight excluding hydrogens is 432 g/mol. The van der Waals surface area contributed by atoms with Gasteiger partial charge in [-0.15, -0.1) is 0 Å². The number of morpholine rings is 1. The van der Waals surface area contributed by atoms with Crippen LogP contribution in [0.4, 0.5) is 34.5 Å². The van der Waals surface area contributed by atoms with Gasteiger partial charge in [0.15, 0.2) is 5.65 Å². The fourth-order valence-corrected chi connectivity index (χ4v) is 3.70. The maximum atomic E-state index is 11.6. The summed E-state index contributed by atoms with van der Waals surface area (Å²) in [5, 5.41) is 17.1. The monoisotopic (exact) mass is 456 g/mol. The highest BCUT2D eigenvalue weighted by Gasteiger charge is 2.13. The number of hydrogen-bond donors (Lipinski definition) is 4. The summed E-state index contributed by atoms with van der Waals surface area (Å²) in [6.07, 6.45) is 2.90. The molecule has 3 heterocycles. The van der Waals surface area contributed by atoms with Gasteiger partial charge in [0, 0.05) is 35.8 Å². The fourth-order valence-electron chi connectivity index (χ4n) is 3.70. The van der Waals surface area contributed by atoms with Crippen molar-refractivity contribution in [3.63, 3.8) is 0 Å². The number of amides is 1. The Kier molecular flexibility index (Phi) is 6.04. The van der Waals surface area contributed by atoms with E-state index in [1.807, 2.05) is 30.3 Å². The van der Waals surface area contributed by atoms with Gasteiger partial charge in [-0.25, -0.2) is 0 Å². The van der Waals surface area contributed by atoms with E-state index in [2.05, 4.69) is 59.7 Å². The Labute approximate surface area is 196 Å². The summed E-state index contributed by atoms with van der Waals surface area (Å²) in [5.74, 6) is 0.732. The van der Waals surface area contributed by atoms with Gasteiger partial charge < -0.3 is 25.6 Å². The van der Waals surface area contributed by atoms with Crippen LogP contribution < -0.4 is 20.9 Å². The molecule has 1 aliphatic heterocycles. The number of ether oxygens (including phenoxy) is 1. The zero-order valence-electron chi connectivity index (χ0n) is 18.4. The summed E-state index contributed by atoms with van der Waals surface area (Å²) in [4.78, 5) is 23.1. The van der Waals surface area contributed by atoms with Crippen molar-refractivity contribution in [1.82, 2.24) is 20.2 Å². The third kappa shape index (κ3) is 4.81. The van der Waals surface area contributed by atoms with E-state index in [4.69, 9.17) is 4.74 Å². The number of fused-ring (bicyclic) bond motifs is 1. The van der Waals surface area contributed by atoms with Gasteiger partial charge in [0.1, 0.15) is 5.82 Å². The number of aromatic amines is 1. The lowest BCUT2D eigenvalue weighted by Gasteiger charge is -2.28. The lowest BCUT2D eigenvalue weighted by molar-refractivity contribution is -0.111. The van der Waals surface area contributed by atoms with E-state index < -0.39 is 0 Å². The lowest BCUT2D eigenvalue weighted by Crippen LogP contribution is -2.36. The summed E-state index contributed by atoms with van der Waals surface area (Å²) >= 11 is 0. The number of aromatic nitrogens is 4. The number of hydrogen-bond acceptors (Lipinski definition) is 8. The first-order valence-corrected chi connectivity index (χ1v) is 10.9. The molecule has 1 fully saturated rings. The molecule has 1 amide bonds. The minimum atomic E-state index is -0.275. The quantitative estimate of drug-likeness (QED) is 0.310. The van der Waals surface area contributed by atoms with Gasteiger partial charge in [-0.3, -0.25) is 9.89 Å². The minimum Gasteiger partial charge on any atom is -0.378 e. The van der Waals surface area contributed by atoms with Crippen LogP contribution in [0.1, 0.15) is 0 Å². The van der Waals surface area contributed by atoms with Crippen molar-refractivity contribution >= 4 is 51.5 Å².